The topological polar surface area (TPSA) is 9.86 Å². The molecule has 54 heavy (non-hydrogen) atoms. The third kappa shape index (κ3) is 4.74. The van der Waals surface area contributed by atoms with Gasteiger partial charge in [-0.1, -0.05) is 114 Å². The maximum absolute atomic E-state index is 2.55. The summed E-state index contributed by atoms with van der Waals surface area (Å²) in [6.07, 6.45) is 7.36. The molecule has 2 heterocycles. The molecule has 2 aromatic heterocycles. The Morgan fingerprint density at radius 1 is 0.407 bits per heavy atom. The highest BCUT2D eigenvalue weighted by Crippen LogP contribution is 2.55. The Morgan fingerprint density at radius 3 is 1.61 bits per heavy atom. The number of nitrogens with zero attached hydrogens (tertiary/aromatic N) is 2. The van der Waals surface area contributed by atoms with Crippen LogP contribution in [0.3, 0.4) is 0 Å². The molecule has 0 atom stereocenters. The molecule has 0 fully saturated rings. The van der Waals surface area contributed by atoms with Crippen molar-refractivity contribution in [2.75, 3.05) is 18.8 Å². The highest BCUT2D eigenvalue weighted by molar-refractivity contribution is 8.32. The first-order chi connectivity index (χ1) is 25.7. The number of benzene rings is 8. The highest BCUT2D eigenvalue weighted by Gasteiger charge is 2.26. The van der Waals surface area contributed by atoms with E-state index in [4.69, 9.17) is 0 Å². The van der Waals surface area contributed by atoms with Crippen molar-refractivity contribution < 1.29 is 0 Å². The molecule has 0 aliphatic heterocycles. The Morgan fingerprint density at radius 2 is 0.981 bits per heavy atom. The van der Waals surface area contributed by atoms with Gasteiger partial charge in [0, 0.05) is 43.7 Å². The minimum atomic E-state index is -1.12. The van der Waals surface area contributed by atoms with E-state index in [0.717, 1.165) is 0 Å². The van der Waals surface area contributed by atoms with Crippen LogP contribution in [0.15, 0.2) is 132 Å². The largest absolute Gasteiger partial charge is 0.309 e. The van der Waals surface area contributed by atoms with E-state index < -0.39 is 10.0 Å². The van der Waals surface area contributed by atoms with E-state index in [9.17, 15) is 0 Å². The Kier molecular flexibility index (Phi) is 6.88. The standard InChI is InChI=1S/C51H48N2S/c1-50(2,3)32-16-14-18-34(28-32)52-43-23-13-11-21-37(43)47-38-24-25-39-48-41(45(54(7,8)9)27-31(46(38)48)26-44(47)52)30-40-36-20-10-12-22-42(36)53(49(39)40)35-19-15-17-33(29-35)51(4,5)6/h10-30H,1-9H3. The van der Waals surface area contributed by atoms with Gasteiger partial charge in [-0.05, 0) is 122 Å². The first-order valence-electron chi connectivity index (χ1n) is 19.2. The third-order valence-corrected chi connectivity index (χ3v) is 13.5. The maximum atomic E-state index is 2.55. The van der Waals surface area contributed by atoms with Crippen molar-refractivity contribution in [3.8, 4) is 11.4 Å². The quantitative estimate of drug-likeness (QED) is 0.161. The first-order valence-corrected chi connectivity index (χ1v) is 22.1. The van der Waals surface area contributed by atoms with Crippen molar-refractivity contribution in [3.63, 3.8) is 0 Å². The Hall–Kier alpha value is -5.25. The molecule has 8 aromatic carbocycles. The summed E-state index contributed by atoms with van der Waals surface area (Å²) in [5.41, 5.74) is 10.3. The lowest BCUT2D eigenvalue weighted by Crippen LogP contribution is -2.11. The van der Waals surface area contributed by atoms with Crippen LogP contribution in [0.4, 0.5) is 0 Å². The van der Waals surface area contributed by atoms with Crippen molar-refractivity contribution in [1.29, 1.82) is 0 Å². The summed E-state index contributed by atoms with van der Waals surface area (Å²) in [5, 5.41) is 13.4. The summed E-state index contributed by atoms with van der Waals surface area (Å²) in [6.45, 7) is 13.8. The average molecular weight is 721 g/mol. The van der Waals surface area contributed by atoms with Gasteiger partial charge in [0.15, 0.2) is 0 Å². The van der Waals surface area contributed by atoms with Gasteiger partial charge in [0.2, 0.25) is 0 Å². The van der Waals surface area contributed by atoms with E-state index >= 15 is 0 Å². The van der Waals surface area contributed by atoms with Gasteiger partial charge in [-0.3, -0.25) is 0 Å². The van der Waals surface area contributed by atoms with Crippen LogP contribution < -0.4 is 0 Å². The Bertz CT molecular complexity index is 3150. The molecule has 0 aliphatic rings. The van der Waals surface area contributed by atoms with Crippen molar-refractivity contribution in [2.45, 2.75) is 57.3 Å². The van der Waals surface area contributed by atoms with Crippen LogP contribution >= 0.6 is 10.0 Å². The third-order valence-electron chi connectivity index (χ3n) is 11.8. The molecule has 2 nitrogen and oxygen atoms in total. The molecule has 0 saturated heterocycles. The van der Waals surface area contributed by atoms with Crippen LogP contribution in [0, 0.1) is 0 Å². The molecule has 3 heteroatoms. The van der Waals surface area contributed by atoms with E-state index in [1.807, 2.05) is 0 Å². The molecule has 0 spiro atoms. The lowest BCUT2D eigenvalue weighted by Gasteiger charge is -2.29. The van der Waals surface area contributed by atoms with Crippen LogP contribution in [0.25, 0.3) is 87.3 Å². The summed E-state index contributed by atoms with van der Waals surface area (Å²) >= 11 is 0. The van der Waals surface area contributed by atoms with Gasteiger partial charge < -0.3 is 9.13 Å². The van der Waals surface area contributed by atoms with Gasteiger partial charge in [0.25, 0.3) is 0 Å². The van der Waals surface area contributed by atoms with Crippen molar-refractivity contribution in [3.05, 3.63) is 139 Å². The normalized spacial score (nSPS) is 13.6. The summed E-state index contributed by atoms with van der Waals surface area (Å²) in [7, 11) is -1.12. The zero-order valence-corrected chi connectivity index (χ0v) is 33.7. The predicted octanol–water partition coefficient (Wildman–Crippen LogP) is 14.4. The number of aromatic nitrogens is 2. The lowest BCUT2D eigenvalue weighted by atomic mass is 9.87. The number of hydrogen-bond donors (Lipinski definition) is 0. The Balaban J connectivity index is 1.41. The molecular formula is C51H48N2S. The number of para-hydroxylation sites is 2. The van der Waals surface area contributed by atoms with Gasteiger partial charge in [0.1, 0.15) is 0 Å². The SMILES string of the molecule is CC(C)(C)c1cccc(-n2c3ccccc3c3c4ccc5c6c(cc7c8ccccc8n(-c8cccc(C(C)(C)C)c8)c75)c(S(C)(C)C)cc(cc32)c46)c1. The Labute approximate surface area is 319 Å². The van der Waals surface area contributed by atoms with Crippen LogP contribution in [0.2, 0.25) is 0 Å². The molecule has 0 N–H and O–H groups in total. The summed E-state index contributed by atoms with van der Waals surface area (Å²) in [4.78, 5) is 1.47. The monoisotopic (exact) mass is 720 g/mol. The zero-order valence-electron chi connectivity index (χ0n) is 32.9. The van der Waals surface area contributed by atoms with Gasteiger partial charge in [-0.25, -0.2) is 10.0 Å². The zero-order chi connectivity index (χ0) is 37.5. The maximum Gasteiger partial charge on any atom is 0.0620 e. The molecule has 10 aromatic rings. The molecule has 10 rings (SSSR count). The van der Waals surface area contributed by atoms with E-state index in [2.05, 4.69) is 197 Å². The van der Waals surface area contributed by atoms with E-state index in [-0.39, 0.29) is 10.8 Å². The molecular weight excluding hydrogens is 673 g/mol. The van der Waals surface area contributed by atoms with Gasteiger partial charge in [-0.2, -0.15) is 0 Å². The number of fused-ring (bicyclic) bond motifs is 8. The van der Waals surface area contributed by atoms with E-state index in [1.54, 1.807) is 0 Å². The molecule has 0 radical (unpaired) electrons. The fraction of sp³-hybridized carbons (Fsp3) is 0.216. The molecule has 0 aliphatic carbocycles. The highest BCUT2D eigenvalue weighted by atomic mass is 32.3. The molecule has 268 valence electrons. The molecule has 0 amide bonds. The van der Waals surface area contributed by atoms with Crippen LogP contribution in [-0.2, 0) is 10.8 Å². The summed E-state index contributed by atoms with van der Waals surface area (Å²) < 4.78 is 5.05. The number of hydrogen-bond acceptors (Lipinski definition) is 0. The van der Waals surface area contributed by atoms with E-state index in [0.29, 0.717) is 0 Å². The molecule has 0 bridgehead atoms. The van der Waals surface area contributed by atoms with Crippen LogP contribution in [-0.4, -0.2) is 27.9 Å². The summed E-state index contributed by atoms with van der Waals surface area (Å²) in [5.74, 6) is 0. The molecule has 0 saturated carbocycles. The van der Waals surface area contributed by atoms with Gasteiger partial charge in [0.05, 0.1) is 22.1 Å². The van der Waals surface area contributed by atoms with Crippen molar-refractivity contribution >= 4 is 86.0 Å². The minimum Gasteiger partial charge on any atom is -0.309 e. The fourth-order valence-corrected chi connectivity index (χ4v) is 10.5. The second-order valence-electron chi connectivity index (χ2n) is 18.2. The first kappa shape index (κ1) is 33.3. The van der Waals surface area contributed by atoms with E-state index in [1.165, 1.54) is 103 Å². The minimum absolute atomic E-state index is 0.0454. The summed E-state index contributed by atoms with van der Waals surface area (Å²) in [6, 6.07) is 48.8. The lowest BCUT2D eigenvalue weighted by molar-refractivity contribution is 0.589. The van der Waals surface area contributed by atoms with Crippen molar-refractivity contribution in [2.24, 2.45) is 0 Å². The van der Waals surface area contributed by atoms with Gasteiger partial charge in [-0.15, -0.1) is 0 Å². The fourth-order valence-electron chi connectivity index (χ4n) is 9.18. The second kappa shape index (κ2) is 11.1. The van der Waals surface area contributed by atoms with Crippen LogP contribution in [0.5, 0.6) is 0 Å². The average Bonchev–Trinajstić information content (AvgIpc) is 3.65. The second-order valence-corrected chi connectivity index (χ2v) is 22.4. The molecule has 0 unspecified atom stereocenters. The smallest absolute Gasteiger partial charge is 0.0620 e. The van der Waals surface area contributed by atoms with Crippen LogP contribution in [0.1, 0.15) is 52.7 Å². The van der Waals surface area contributed by atoms with Gasteiger partial charge >= 0.3 is 0 Å². The number of rotatable bonds is 3. The van der Waals surface area contributed by atoms with Crippen molar-refractivity contribution in [1.82, 2.24) is 9.13 Å². The predicted molar refractivity (Wildman–Crippen MR) is 240 cm³/mol.